The van der Waals surface area contributed by atoms with Gasteiger partial charge in [-0.2, -0.15) is 0 Å². The first-order valence-electron chi connectivity index (χ1n) is 12.6. The molecule has 1 aromatic rings. The van der Waals surface area contributed by atoms with Crippen molar-refractivity contribution < 1.29 is 19.6 Å². The quantitative estimate of drug-likeness (QED) is 0.274. The summed E-state index contributed by atoms with van der Waals surface area (Å²) in [5.41, 5.74) is 5.52. The fraction of sp³-hybridized carbons (Fsp3) is 0.593. The number of benzene rings is 1. The normalized spacial score (nSPS) is 13.3. The van der Waals surface area contributed by atoms with E-state index in [9.17, 15) is 19.6 Å². The summed E-state index contributed by atoms with van der Waals surface area (Å²) in [6.45, 7) is 13.9. The number of likely N-dealkylation sites (N-methyl/N-ethyl adjacent to an activating group) is 1. The second-order valence-corrected chi connectivity index (χ2v) is 9.70. The van der Waals surface area contributed by atoms with Crippen molar-refractivity contribution in [3.8, 4) is 0 Å². The maximum absolute atomic E-state index is 13.5. The van der Waals surface area contributed by atoms with Gasteiger partial charge < -0.3 is 0 Å². The number of carbonyl (C=O) groups excluding carboxylic acids is 3. The topological polar surface area (TPSA) is 102 Å². The molecule has 1 rings (SSSR count). The van der Waals surface area contributed by atoms with Gasteiger partial charge in [-0.25, -0.2) is 5.48 Å². The lowest BCUT2D eigenvalue weighted by Crippen LogP contribution is -2.54. The van der Waals surface area contributed by atoms with E-state index < -0.39 is 23.7 Å². The largest absolute Gasteiger partial charge is 0.295 e. The molecule has 8 nitrogen and oxygen atoms in total. The molecule has 196 valence electrons. The molecule has 0 unspecified atom stereocenters. The Bertz CT molecular complexity index is 807. The summed E-state index contributed by atoms with van der Waals surface area (Å²) in [5, 5.41) is 10.8. The molecule has 0 heterocycles. The molecule has 0 aliphatic heterocycles. The Hall–Kier alpha value is -2.71. The van der Waals surface area contributed by atoms with Crippen molar-refractivity contribution in [2.24, 2.45) is 23.7 Å². The number of hydrogen-bond acceptors (Lipinski definition) is 5. The molecule has 0 saturated heterocycles. The molecule has 0 fully saturated rings. The van der Waals surface area contributed by atoms with E-state index in [2.05, 4.69) is 5.43 Å². The van der Waals surface area contributed by atoms with Gasteiger partial charge in [-0.15, -0.1) is 0 Å². The highest BCUT2D eigenvalue weighted by atomic mass is 16.5. The number of rotatable bonds is 14. The Balaban J connectivity index is 3.14. The zero-order chi connectivity index (χ0) is 26.4. The summed E-state index contributed by atoms with van der Waals surface area (Å²) >= 11 is 0. The predicted octanol–water partition coefficient (Wildman–Crippen LogP) is 3.73. The van der Waals surface area contributed by atoms with Gasteiger partial charge in [-0.3, -0.25) is 34.9 Å². The van der Waals surface area contributed by atoms with Gasteiger partial charge in [0.25, 0.3) is 5.91 Å². The molecule has 0 aliphatic rings. The minimum absolute atomic E-state index is 0.128. The van der Waals surface area contributed by atoms with Crippen molar-refractivity contribution in [1.29, 1.82) is 0 Å². The van der Waals surface area contributed by atoms with Gasteiger partial charge in [-0.05, 0) is 43.3 Å². The fourth-order valence-corrected chi connectivity index (χ4v) is 3.93. The van der Waals surface area contributed by atoms with Crippen LogP contribution in [0.15, 0.2) is 36.4 Å². The van der Waals surface area contributed by atoms with Gasteiger partial charge in [0.2, 0.25) is 11.8 Å². The minimum atomic E-state index is -0.791. The molecule has 0 aromatic heterocycles. The number of hydroxylamine groups is 1. The molecule has 35 heavy (non-hydrogen) atoms. The van der Waals surface area contributed by atoms with Gasteiger partial charge in [0.1, 0.15) is 0 Å². The fourth-order valence-electron chi connectivity index (χ4n) is 3.93. The van der Waals surface area contributed by atoms with E-state index in [0.29, 0.717) is 13.0 Å². The summed E-state index contributed by atoms with van der Waals surface area (Å²) in [5.74, 6) is -2.44. The Morgan fingerprint density at radius 2 is 1.57 bits per heavy atom. The first-order valence-corrected chi connectivity index (χ1v) is 12.6. The van der Waals surface area contributed by atoms with E-state index in [0.717, 1.165) is 18.7 Å². The molecule has 1 aromatic carbocycles. The Labute approximate surface area is 210 Å². The molecule has 0 saturated carbocycles. The van der Waals surface area contributed by atoms with Crippen LogP contribution >= 0.6 is 0 Å². The number of hydrogen-bond donors (Lipinski definition) is 3. The van der Waals surface area contributed by atoms with Crippen molar-refractivity contribution in [3.63, 3.8) is 0 Å². The van der Waals surface area contributed by atoms with Crippen LogP contribution in [0.3, 0.4) is 0 Å². The summed E-state index contributed by atoms with van der Waals surface area (Å²) in [4.78, 5) is 41.1. The third-order valence-corrected chi connectivity index (χ3v) is 5.84. The standard InChI is InChI=1S/C27H44N4O4/c1-7-30(8-2)19-25(32)31(18-21(5)6)28-26(33)24(17-20(3)4)23(27(34)29-35)16-12-15-22-13-10-9-11-14-22/h9-15,20-21,23-24,35H,7-8,16-19H2,1-6H3,(H,28,33)(H,29,34)/t23-,24+/m0/s1. The lowest BCUT2D eigenvalue weighted by atomic mass is 9.82. The van der Waals surface area contributed by atoms with Crippen LogP contribution in [-0.2, 0) is 14.4 Å². The van der Waals surface area contributed by atoms with Crippen molar-refractivity contribution in [1.82, 2.24) is 20.8 Å². The van der Waals surface area contributed by atoms with Crippen LogP contribution in [0.25, 0.3) is 6.08 Å². The molecule has 0 radical (unpaired) electrons. The third-order valence-electron chi connectivity index (χ3n) is 5.84. The first kappa shape index (κ1) is 30.3. The Morgan fingerprint density at radius 1 is 0.943 bits per heavy atom. The zero-order valence-corrected chi connectivity index (χ0v) is 22.2. The van der Waals surface area contributed by atoms with Gasteiger partial charge in [0.15, 0.2) is 0 Å². The lowest BCUT2D eigenvalue weighted by Gasteiger charge is -2.31. The van der Waals surface area contributed by atoms with Crippen LogP contribution in [0.1, 0.15) is 59.9 Å². The van der Waals surface area contributed by atoms with Gasteiger partial charge in [-0.1, -0.05) is 84.0 Å². The number of carbonyl (C=O) groups is 3. The summed E-state index contributed by atoms with van der Waals surface area (Å²) in [6, 6.07) is 9.66. The molecular weight excluding hydrogens is 444 g/mol. The molecule has 3 amide bonds. The lowest BCUT2D eigenvalue weighted by molar-refractivity contribution is -0.148. The molecule has 0 aliphatic carbocycles. The summed E-state index contributed by atoms with van der Waals surface area (Å²) in [7, 11) is 0. The van der Waals surface area contributed by atoms with E-state index in [4.69, 9.17) is 0 Å². The van der Waals surface area contributed by atoms with E-state index in [1.807, 2.05) is 88.9 Å². The van der Waals surface area contributed by atoms with Gasteiger partial charge >= 0.3 is 0 Å². The maximum Gasteiger partial charge on any atom is 0.255 e. The van der Waals surface area contributed by atoms with Crippen LogP contribution in [0.2, 0.25) is 0 Å². The summed E-state index contributed by atoms with van der Waals surface area (Å²) in [6.07, 6.45) is 4.43. The SMILES string of the molecule is CCN(CC)CC(=O)N(CC(C)C)NC(=O)[C@H](CC(C)C)[C@H](CC=Cc1ccccc1)C(=O)NO. The van der Waals surface area contributed by atoms with E-state index in [-0.39, 0.29) is 30.7 Å². The van der Waals surface area contributed by atoms with Gasteiger partial charge in [0, 0.05) is 6.54 Å². The zero-order valence-electron chi connectivity index (χ0n) is 22.2. The highest BCUT2D eigenvalue weighted by Crippen LogP contribution is 2.25. The van der Waals surface area contributed by atoms with E-state index >= 15 is 0 Å². The number of hydrazine groups is 1. The van der Waals surface area contributed by atoms with Crippen molar-refractivity contribution >= 4 is 23.8 Å². The molecule has 8 heteroatoms. The highest BCUT2D eigenvalue weighted by Gasteiger charge is 2.35. The molecule has 3 N–H and O–H groups in total. The first-order chi connectivity index (χ1) is 16.6. The van der Waals surface area contributed by atoms with Gasteiger partial charge in [0.05, 0.1) is 18.4 Å². The van der Waals surface area contributed by atoms with E-state index in [1.54, 1.807) is 5.48 Å². The Morgan fingerprint density at radius 3 is 2.09 bits per heavy atom. The van der Waals surface area contributed by atoms with Crippen LogP contribution in [0.5, 0.6) is 0 Å². The molecule has 2 atom stereocenters. The minimum Gasteiger partial charge on any atom is -0.295 e. The number of allylic oxidation sites excluding steroid dienone is 1. The van der Waals surface area contributed by atoms with Crippen molar-refractivity contribution in [2.75, 3.05) is 26.2 Å². The third kappa shape index (κ3) is 11.0. The average molecular weight is 489 g/mol. The second kappa shape index (κ2) is 16.1. The van der Waals surface area contributed by atoms with Crippen LogP contribution in [-0.4, -0.2) is 59.0 Å². The Kier molecular flexibility index (Phi) is 13.9. The highest BCUT2D eigenvalue weighted by molar-refractivity contribution is 5.89. The molecule has 0 bridgehead atoms. The second-order valence-electron chi connectivity index (χ2n) is 9.70. The predicted molar refractivity (Wildman–Crippen MR) is 139 cm³/mol. The number of nitrogens with one attached hydrogen (secondary N) is 2. The average Bonchev–Trinajstić information content (AvgIpc) is 2.83. The summed E-state index contributed by atoms with van der Waals surface area (Å²) < 4.78 is 0. The molecular formula is C27H44N4O4. The number of amides is 3. The maximum atomic E-state index is 13.5. The smallest absolute Gasteiger partial charge is 0.255 e. The van der Waals surface area contributed by atoms with Crippen LogP contribution in [0.4, 0.5) is 0 Å². The van der Waals surface area contributed by atoms with Crippen molar-refractivity contribution in [3.05, 3.63) is 42.0 Å². The molecule has 0 spiro atoms. The van der Waals surface area contributed by atoms with Crippen molar-refractivity contribution in [2.45, 2.75) is 54.4 Å². The van der Waals surface area contributed by atoms with Crippen LogP contribution < -0.4 is 10.9 Å². The number of nitrogens with zero attached hydrogens (tertiary/aromatic N) is 2. The van der Waals surface area contributed by atoms with Crippen LogP contribution in [0, 0.1) is 23.7 Å². The monoisotopic (exact) mass is 488 g/mol. The van der Waals surface area contributed by atoms with E-state index in [1.165, 1.54) is 5.01 Å².